The normalized spacial score (nSPS) is 20.8. The number of carbonyl (C=O) groups is 1. The SMILES string of the molecule is COC(=O)c1cnn(C)c1C1(N)CC(F)(F)C1. The quantitative estimate of drug-likeness (QED) is 0.782. The third-order valence-electron chi connectivity index (χ3n) is 2.96. The van der Waals surface area contributed by atoms with Crippen molar-refractivity contribution in [2.24, 2.45) is 12.8 Å². The van der Waals surface area contributed by atoms with Crippen molar-refractivity contribution < 1.29 is 18.3 Å². The first-order valence-electron chi connectivity index (χ1n) is 5.07. The second-order valence-electron chi connectivity index (χ2n) is 4.39. The molecule has 17 heavy (non-hydrogen) atoms. The third-order valence-corrected chi connectivity index (χ3v) is 2.96. The highest BCUT2D eigenvalue weighted by molar-refractivity contribution is 5.90. The number of nitrogens with zero attached hydrogens (tertiary/aromatic N) is 2. The van der Waals surface area contributed by atoms with E-state index in [-0.39, 0.29) is 5.56 Å². The summed E-state index contributed by atoms with van der Waals surface area (Å²) in [5, 5.41) is 3.87. The summed E-state index contributed by atoms with van der Waals surface area (Å²) in [6.45, 7) is 0. The van der Waals surface area contributed by atoms with Crippen LogP contribution in [0.2, 0.25) is 0 Å². The van der Waals surface area contributed by atoms with Crippen molar-refractivity contribution in [3.63, 3.8) is 0 Å². The molecule has 0 atom stereocenters. The predicted octanol–water partition coefficient (Wildman–Crippen LogP) is 0.790. The van der Waals surface area contributed by atoms with Crippen LogP contribution in [0.3, 0.4) is 0 Å². The van der Waals surface area contributed by atoms with E-state index in [1.165, 1.54) is 18.0 Å². The van der Waals surface area contributed by atoms with Gasteiger partial charge in [-0.25, -0.2) is 13.6 Å². The van der Waals surface area contributed by atoms with Gasteiger partial charge >= 0.3 is 5.97 Å². The van der Waals surface area contributed by atoms with E-state index in [1.54, 1.807) is 7.05 Å². The van der Waals surface area contributed by atoms with Crippen molar-refractivity contribution in [2.45, 2.75) is 24.3 Å². The van der Waals surface area contributed by atoms with Crippen molar-refractivity contribution in [3.8, 4) is 0 Å². The molecule has 1 aromatic rings. The topological polar surface area (TPSA) is 70.1 Å². The van der Waals surface area contributed by atoms with Crippen LogP contribution in [-0.2, 0) is 17.3 Å². The van der Waals surface area contributed by atoms with E-state index < -0.39 is 30.3 Å². The number of ether oxygens (including phenoxy) is 1. The average molecular weight is 245 g/mol. The van der Waals surface area contributed by atoms with Crippen LogP contribution in [-0.4, -0.2) is 28.8 Å². The lowest BCUT2D eigenvalue weighted by Crippen LogP contribution is -2.57. The number of aromatic nitrogens is 2. The highest BCUT2D eigenvalue weighted by Crippen LogP contribution is 2.50. The maximum atomic E-state index is 12.9. The number of methoxy groups -OCH3 is 1. The minimum Gasteiger partial charge on any atom is -0.465 e. The number of hydrogen-bond acceptors (Lipinski definition) is 4. The molecule has 0 bridgehead atoms. The second kappa shape index (κ2) is 3.49. The van der Waals surface area contributed by atoms with Crippen LogP contribution in [0, 0.1) is 0 Å². The molecule has 1 fully saturated rings. The molecule has 0 unspecified atom stereocenters. The van der Waals surface area contributed by atoms with Crippen LogP contribution in [0.5, 0.6) is 0 Å². The molecule has 1 heterocycles. The van der Waals surface area contributed by atoms with E-state index in [9.17, 15) is 13.6 Å². The van der Waals surface area contributed by atoms with E-state index in [4.69, 9.17) is 5.73 Å². The van der Waals surface area contributed by atoms with Crippen LogP contribution in [0.4, 0.5) is 8.78 Å². The summed E-state index contributed by atoms with van der Waals surface area (Å²) in [4.78, 5) is 11.5. The number of rotatable bonds is 2. The lowest BCUT2D eigenvalue weighted by molar-refractivity contribution is -0.127. The van der Waals surface area contributed by atoms with Crippen molar-refractivity contribution in [1.82, 2.24) is 9.78 Å². The van der Waals surface area contributed by atoms with Gasteiger partial charge in [-0.15, -0.1) is 0 Å². The molecule has 7 heteroatoms. The summed E-state index contributed by atoms with van der Waals surface area (Å²) in [5.74, 6) is -3.39. The van der Waals surface area contributed by atoms with Crippen LogP contribution < -0.4 is 5.73 Å². The minimum absolute atomic E-state index is 0.146. The van der Waals surface area contributed by atoms with Gasteiger partial charge < -0.3 is 10.5 Å². The van der Waals surface area contributed by atoms with Gasteiger partial charge in [0.15, 0.2) is 0 Å². The highest BCUT2D eigenvalue weighted by Gasteiger charge is 2.57. The molecular formula is C10H13F2N3O2. The summed E-state index contributed by atoms with van der Waals surface area (Å²) in [7, 11) is 2.78. The molecule has 2 N–H and O–H groups in total. The Balaban J connectivity index is 2.39. The van der Waals surface area contributed by atoms with Gasteiger partial charge in [-0.1, -0.05) is 0 Å². The molecule has 2 rings (SSSR count). The summed E-state index contributed by atoms with van der Waals surface area (Å²) in [6.07, 6.45) is 0.319. The summed E-state index contributed by atoms with van der Waals surface area (Å²) in [5.41, 5.74) is 5.13. The minimum atomic E-state index is -2.77. The first-order chi connectivity index (χ1) is 7.79. The Morgan fingerprint density at radius 2 is 2.18 bits per heavy atom. The second-order valence-corrected chi connectivity index (χ2v) is 4.39. The lowest BCUT2D eigenvalue weighted by atomic mass is 9.71. The monoisotopic (exact) mass is 245 g/mol. The molecule has 0 aromatic carbocycles. The third kappa shape index (κ3) is 1.80. The van der Waals surface area contributed by atoms with Crippen LogP contribution in [0.15, 0.2) is 6.20 Å². The molecule has 1 saturated carbocycles. The molecule has 1 aromatic heterocycles. The van der Waals surface area contributed by atoms with E-state index in [0.29, 0.717) is 5.69 Å². The van der Waals surface area contributed by atoms with Gasteiger partial charge in [0.1, 0.15) is 5.56 Å². The lowest BCUT2D eigenvalue weighted by Gasteiger charge is -2.44. The zero-order chi connectivity index (χ0) is 12.8. The fourth-order valence-corrected chi connectivity index (χ4v) is 2.33. The summed E-state index contributed by atoms with van der Waals surface area (Å²) >= 11 is 0. The van der Waals surface area contributed by atoms with E-state index in [1.807, 2.05) is 0 Å². The van der Waals surface area contributed by atoms with Gasteiger partial charge in [-0.05, 0) is 0 Å². The van der Waals surface area contributed by atoms with Crippen LogP contribution >= 0.6 is 0 Å². The zero-order valence-corrected chi connectivity index (χ0v) is 9.54. The Morgan fingerprint density at radius 1 is 1.59 bits per heavy atom. The van der Waals surface area contributed by atoms with Crippen molar-refractivity contribution in [1.29, 1.82) is 0 Å². The molecule has 0 aliphatic heterocycles. The van der Waals surface area contributed by atoms with E-state index in [0.717, 1.165) is 0 Å². The smallest absolute Gasteiger partial charge is 0.341 e. The molecule has 94 valence electrons. The summed E-state index contributed by atoms with van der Waals surface area (Å²) < 4.78 is 31.8. The number of nitrogens with two attached hydrogens (primary N) is 1. The van der Waals surface area contributed by atoms with Crippen LogP contribution in [0.1, 0.15) is 28.9 Å². The van der Waals surface area contributed by atoms with Gasteiger partial charge in [0.25, 0.3) is 5.92 Å². The fourth-order valence-electron chi connectivity index (χ4n) is 2.33. The van der Waals surface area contributed by atoms with Crippen molar-refractivity contribution >= 4 is 5.97 Å². The zero-order valence-electron chi connectivity index (χ0n) is 9.54. The van der Waals surface area contributed by atoms with Gasteiger partial charge in [0, 0.05) is 19.9 Å². The fraction of sp³-hybridized carbons (Fsp3) is 0.600. The molecule has 1 aliphatic carbocycles. The molecule has 1 aliphatic rings. The van der Waals surface area contributed by atoms with Crippen molar-refractivity contribution in [3.05, 3.63) is 17.5 Å². The van der Waals surface area contributed by atoms with E-state index >= 15 is 0 Å². The number of carbonyl (C=O) groups excluding carboxylic acids is 1. The largest absolute Gasteiger partial charge is 0.465 e. The Bertz CT molecular complexity index is 462. The highest BCUT2D eigenvalue weighted by atomic mass is 19.3. The first kappa shape index (κ1) is 12.0. The maximum absolute atomic E-state index is 12.9. The Hall–Kier alpha value is -1.50. The molecule has 5 nitrogen and oxygen atoms in total. The molecule has 0 saturated heterocycles. The van der Waals surface area contributed by atoms with Gasteiger partial charge in [0.2, 0.25) is 0 Å². The molecule has 0 radical (unpaired) electrons. The predicted molar refractivity (Wildman–Crippen MR) is 54.6 cm³/mol. The average Bonchev–Trinajstić information content (AvgIpc) is 2.56. The van der Waals surface area contributed by atoms with Gasteiger partial charge in [-0.3, -0.25) is 4.68 Å². The molecule has 0 spiro atoms. The number of alkyl halides is 2. The van der Waals surface area contributed by atoms with E-state index in [2.05, 4.69) is 9.84 Å². The number of aryl methyl sites for hydroxylation is 1. The van der Waals surface area contributed by atoms with Crippen LogP contribution in [0.25, 0.3) is 0 Å². The standard InChI is InChI=1S/C10H13F2N3O2/c1-15-7(6(3-14-15)8(16)17-2)9(13)4-10(11,12)5-9/h3H,4-5,13H2,1-2H3. The van der Waals surface area contributed by atoms with Gasteiger partial charge in [-0.2, -0.15) is 5.10 Å². The number of hydrogen-bond donors (Lipinski definition) is 1. The number of esters is 1. The maximum Gasteiger partial charge on any atom is 0.341 e. The van der Waals surface area contributed by atoms with Gasteiger partial charge in [0.05, 0.1) is 24.5 Å². The Morgan fingerprint density at radius 3 is 2.65 bits per heavy atom. The Kier molecular flexibility index (Phi) is 2.46. The van der Waals surface area contributed by atoms with Crippen molar-refractivity contribution in [2.75, 3.05) is 7.11 Å². The first-order valence-corrected chi connectivity index (χ1v) is 5.07. The molecular weight excluding hydrogens is 232 g/mol. The molecule has 0 amide bonds. The Labute approximate surface area is 96.5 Å². The summed E-state index contributed by atoms with van der Waals surface area (Å²) in [6, 6.07) is 0. The number of halogens is 2.